The molecule has 27 heavy (non-hydrogen) atoms. The van der Waals surface area contributed by atoms with Gasteiger partial charge in [-0.2, -0.15) is 11.1 Å². The quantitative estimate of drug-likeness (QED) is 0.122. The fourth-order valence-electron chi connectivity index (χ4n) is 3.83. The van der Waals surface area contributed by atoms with Gasteiger partial charge in [0.05, 0.1) is 5.54 Å². The molecule has 1 atom stereocenters. The highest BCUT2D eigenvalue weighted by Crippen LogP contribution is 2.31. The largest absolute Gasteiger partial charge is 0.481 e. The van der Waals surface area contributed by atoms with E-state index in [1.807, 2.05) is 13.1 Å². The molecular weight excluding hydrogens is 372 g/mol. The number of carboxylic acids is 1. The number of carboxylic acid groups (broad SMARTS) is 1. The van der Waals surface area contributed by atoms with Crippen LogP contribution in [0, 0.1) is 0 Å². The first-order valence-corrected chi connectivity index (χ1v) is 15.9. The molecule has 162 valence electrons. The van der Waals surface area contributed by atoms with Crippen LogP contribution in [0.25, 0.3) is 0 Å². The van der Waals surface area contributed by atoms with Gasteiger partial charge in [0.2, 0.25) is 0 Å². The van der Waals surface area contributed by atoms with Crippen molar-refractivity contribution < 1.29 is 9.90 Å². The van der Waals surface area contributed by atoms with Crippen LogP contribution >= 0.6 is 11.1 Å². The first kappa shape index (κ1) is 27.0. The standard InChI is InChI=1S/C23H47ClO2Si/c1-4-5-6-7-8-9-10-11-12-13-14-15-16-17-18-19-20-21-22(23(25)26)27(2,3)24/h22H,4-21H2,1-3H3,(H,25,26). The van der Waals surface area contributed by atoms with Crippen LogP contribution in [0.1, 0.15) is 122 Å². The first-order chi connectivity index (χ1) is 12.9. The summed E-state index contributed by atoms with van der Waals surface area (Å²) in [6.07, 6.45) is 23.8. The second-order valence-electron chi connectivity index (χ2n) is 8.90. The number of unbranched alkanes of at least 4 members (excludes halogenated alkanes) is 16. The van der Waals surface area contributed by atoms with Gasteiger partial charge in [0.25, 0.3) is 0 Å². The summed E-state index contributed by atoms with van der Waals surface area (Å²) >= 11 is 6.33. The van der Waals surface area contributed by atoms with Gasteiger partial charge >= 0.3 is 5.97 Å². The highest BCUT2D eigenvalue weighted by molar-refractivity contribution is 7.20. The van der Waals surface area contributed by atoms with Crippen molar-refractivity contribution in [2.24, 2.45) is 0 Å². The molecule has 0 aromatic rings. The summed E-state index contributed by atoms with van der Waals surface area (Å²) in [6, 6.07) is 0. The SMILES string of the molecule is CCCCCCCCCCCCCCCCCCCC(C(=O)O)[Si](C)(C)Cl. The summed E-state index contributed by atoms with van der Waals surface area (Å²) in [5.74, 6) is -0.696. The van der Waals surface area contributed by atoms with Gasteiger partial charge in [-0.05, 0) is 6.42 Å². The van der Waals surface area contributed by atoms with Gasteiger partial charge in [0.15, 0.2) is 7.38 Å². The van der Waals surface area contributed by atoms with E-state index in [9.17, 15) is 9.90 Å². The summed E-state index contributed by atoms with van der Waals surface area (Å²) in [5.41, 5.74) is -0.296. The van der Waals surface area contributed by atoms with Crippen LogP contribution in [-0.2, 0) is 4.79 Å². The van der Waals surface area contributed by atoms with Crippen LogP contribution in [0.2, 0.25) is 18.6 Å². The molecule has 0 fully saturated rings. The monoisotopic (exact) mass is 418 g/mol. The van der Waals surface area contributed by atoms with E-state index in [0.717, 1.165) is 19.3 Å². The highest BCUT2D eigenvalue weighted by Gasteiger charge is 2.35. The molecule has 0 aromatic heterocycles. The summed E-state index contributed by atoms with van der Waals surface area (Å²) in [4.78, 5) is 11.3. The molecule has 0 heterocycles. The summed E-state index contributed by atoms with van der Waals surface area (Å²) in [5, 5.41) is 9.29. The Balaban J connectivity index is 3.28. The smallest absolute Gasteiger partial charge is 0.304 e. The van der Waals surface area contributed by atoms with Crippen molar-refractivity contribution in [2.75, 3.05) is 0 Å². The third kappa shape index (κ3) is 17.8. The van der Waals surface area contributed by atoms with Crippen LogP contribution < -0.4 is 0 Å². The third-order valence-corrected chi connectivity index (χ3v) is 8.71. The molecule has 0 saturated carbocycles. The zero-order chi connectivity index (χ0) is 20.4. The Kier molecular flexibility index (Phi) is 18.0. The number of aliphatic carboxylic acids is 1. The molecule has 0 rings (SSSR count). The topological polar surface area (TPSA) is 37.3 Å². The number of hydrogen-bond donors (Lipinski definition) is 1. The summed E-state index contributed by atoms with van der Waals surface area (Å²) in [7, 11) is -2.09. The normalized spacial score (nSPS) is 13.0. The van der Waals surface area contributed by atoms with E-state index in [-0.39, 0.29) is 5.54 Å². The Labute approximate surface area is 175 Å². The van der Waals surface area contributed by atoms with Crippen molar-refractivity contribution in [2.45, 2.75) is 141 Å². The third-order valence-electron chi connectivity index (χ3n) is 5.72. The maximum atomic E-state index is 11.3. The molecule has 0 saturated heterocycles. The Hall–Kier alpha value is -0.0231. The van der Waals surface area contributed by atoms with E-state index in [0.29, 0.717) is 0 Å². The van der Waals surface area contributed by atoms with Crippen LogP contribution in [0.3, 0.4) is 0 Å². The van der Waals surface area contributed by atoms with Crippen molar-refractivity contribution >= 4 is 24.4 Å². The molecule has 0 aromatic carbocycles. The average Bonchev–Trinajstić information content (AvgIpc) is 2.59. The van der Waals surface area contributed by atoms with Crippen molar-refractivity contribution in [3.05, 3.63) is 0 Å². The lowest BCUT2D eigenvalue weighted by Crippen LogP contribution is -2.31. The second-order valence-corrected chi connectivity index (χ2v) is 15.6. The maximum Gasteiger partial charge on any atom is 0.304 e. The first-order valence-electron chi connectivity index (χ1n) is 11.8. The number of halogens is 1. The summed E-state index contributed by atoms with van der Waals surface area (Å²) in [6.45, 7) is 6.17. The van der Waals surface area contributed by atoms with E-state index in [2.05, 4.69) is 6.92 Å². The van der Waals surface area contributed by atoms with Crippen molar-refractivity contribution in [3.8, 4) is 0 Å². The zero-order valence-corrected chi connectivity index (χ0v) is 20.3. The van der Waals surface area contributed by atoms with Crippen molar-refractivity contribution in [1.29, 1.82) is 0 Å². The van der Waals surface area contributed by atoms with Crippen molar-refractivity contribution in [1.82, 2.24) is 0 Å². The minimum Gasteiger partial charge on any atom is -0.481 e. The Morgan fingerprint density at radius 1 is 0.704 bits per heavy atom. The van der Waals surface area contributed by atoms with Crippen molar-refractivity contribution in [3.63, 3.8) is 0 Å². The van der Waals surface area contributed by atoms with Crippen LogP contribution in [0.15, 0.2) is 0 Å². The molecule has 0 aliphatic rings. The molecule has 0 spiro atoms. The minimum atomic E-state index is -2.09. The molecule has 0 radical (unpaired) electrons. The van der Waals surface area contributed by atoms with Gasteiger partial charge in [-0.3, -0.25) is 4.79 Å². The van der Waals surface area contributed by atoms with Gasteiger partial charge in [-0.1, -0.05) is 129 Å². The van der Waals surface area contributed by atoms with Gasteiger partial charge < -0.3 is 5.11 Å². The lowest BCUT2D eigenvalue weighted by molar-refractivity contribution is -0.137. The fraction of sp³-hybridized carbons (Fsp3) is 0.957. The average molecular weight is 419 g/mol. The number of rotatable bonds is 20. The van der Waals surface area contributed by atoms with Crippen LogP contribution in [0.4, 0.5) is 0 Å². The molecule has 0 bridgehead atoms. The van der Waals surface area contributed by atoms with Gasteiger partial charge in [0.1, 0.15) is 0 Å². The predicted octanol–water partition coefficient (Wildman–Crippen LogP) is 8.93. The molecule has 0 aliphatic heterocycles. The fourth-order valence-corrected chi connectivity index (χ4v) is 5.92. The molecular formula is C23H47ClO2Si. The van der Waals surface area contributed by atoms with E-state index in [1.165, 1.54) is 96.3 Å². The molecule has 0 aliphatic carbocycles. The minimum absolute atomic E-state index is 0.296. The Morgan fingerprint density at radius 2 is 1.00 bits per heavy atom. The van der Waals surface area contributed by atoms with Gasteiger partial charge in [-0.15, -0.1) is 0 Å². The lowest BCUT2D eigenvalue weighted by Gasteiger charge is -2.22. The maximum absolute atomic E-state index is 11.3. The second kappa shape index (κ2) is 18.0. The molecule has 1 N–H and O–H groups in total. The van der Waals surface area contributed by atoms with Crippen LogP contribution in [0.5, 0.6) is 0 Å². The highest BCUT2D eigenvalue weighted by atomic mass is 35.6. The van der Waals surface area contributed by atoms with Gasteiger partial charge in [-0.25, -0.2) is 0 Å². The van der Waals surface area contributed by atoms with E-state index >= 15 is 0 Å². The van der Waals surface area contributed by atoms with Gasteiger partial charge in [0, 0.05) is 0 Å². The summed E-state index contributed by atoms with van der Waals surface area (Å²) < 4.78 is 0. The molecule has 4 heteroatoms. The molecule has 0 amide bonds. The van der Waals surface area contributed by atoms with E-state index in [4.69, 9.17) is 11.1 Å². The molecule has 2 nitrogen and oxygen atoms in total. The number of hydrogen-bond acceptors (Lipinski definition) is 1. The zero-order valence-electron chi connectivity index (χ0n) is 18.5. The van der Waals surface area contributed by atoms with Crippen LogP contribution in [-0.4, -0.2) is 18.5 Å². The number of carbonyl (C=O) groups is 1. The van der Waals surface area contributed by atoms with E-state index < -0.39 is 13.4 Å². The lowest BCUT2D eigenvalue weighted by atomic mass is 10.0. The Morgan fingerprint density at radius 3 is 1.26 bits per heavy atom. The Bertz CT molecular complexity index is 342. The van der Waals surface area contributed by atoms with E-state index in [1.54, 1.807) is 0 Å². The molecule has 1 unspecified atom stereocenters. The predicted molar refractivity (Wildman–Crippen MR) is 124 cm³/mol.